The molecule has 0 aromatic heterocycles. The minimum Gasteiger partial charge on any atom is -0.392 e. The number of nitrogens with one attached hydrogen (secondary N) is 1. The summed E-state index contributed by atoms with van der Waals surface area (Å²) < 4.78 is 41.3. The number of hydrogen-bond donors (Lipinski definition) is 2. The zero-order valence-corrected chi connectivity index (χ0v) is 13.4. The molecule has 2 N–H and O–H groups in total. The first kappa shape index (κ1) is 16.6. The highest BCUT2D eigenvalue weighted by atomic mass is 79.9. The van der Waals surface area contributed by atoms with Crippen LogP contribution in [0.1, 0.15) is 32.8 Å². The molecular formula is C12H17BrFNO3S. The van der Waals surface area contributed by atoms with Crippen LogP contribution in [0.25, 0.3) is 0 Å². The summed E-state index contributed by atoms with van der Waals surface area (Å²) in [7, 11) is -3.98. The van der Waals surface area contributed by atoms with Gasteiger partial charge in [0, 0.05) is 15.6 Å². The summed E-state index contributed by atoms with van der Waals surface area (Å²) in [5.41, 5.74) is -0.739. The van der Waals surface area contributed by atoms with Gasteiger partial charge in [-0.3, -0.25) is 0 Å². The second-order valence-corrected chi connectivity index (χ2v) is 7.44. The first-order chi connectivity index (χ1) is 8.63. The van der Waals surface area contributed by atoms with Crippen LogP contribution >= 0.6 is 15.9 Å². The van der Waals surface area contributed by atoms with Crippen molar-refractivity contribution in [2.75, 3.05) is 0 Å². The minimum atomic E-state index is -3.98. The van der Waals surface area contributed by atoms with Crippen molar-refractivity contribution >= 4 is 26.0 Å². The van der Waals surface area contributed by atoms with Crippen LogP contribution in [-0.2, 0) is 16.6 Å². The molecular weight excluding hydrogens is 337 g/mol. The van der Waals surface area contributed by atoms with Crippen molar-refractivity contribution < 1.29 is 17.9 Å². The molecule has 0 aliphatic heterocycles. The van der Waals surface area contributed by atoms with Crippen LogP contribution in [0.2, 0.25) is 0 Å². The van der Waals surface area contributed by atoms with Crippen LogP contribution in [0.3, 0.4) is 0 Å². The van der Waals surface area contributed by atoms with Crippen molar-refractivity contribution in [3.05, 3.63) is 28.0 Å². The lowest BCUT2D eigenvalue weighted by molar-refractivity contribution is 0.274. The van der Waals surface area contributed by atoms with Gasteiger partial charge >= 0.3 is 0 Å². The maximum Gasteiger partial charge on any atom is 0.244 e. The van der Waals surface area contributed by atoms with E-state index in [0.29, 0.717) is 10.9 Å². The van der Waals surface area contributed by atoms with Crippen LogP contribution in [-0.4, -0.2) is 19.1 Å². The summed E-state index contributed by atoms with van der Waals surface area (Å²) >= 11 is 3.11. The average Bonchev–Trinajstić information content (AvgIpc) is 2.30. The average molecular weight is 354 g/mol. The highest BCUT2D eigenvalue weighted by Crippen LogP contribution is 2.25. The Labute approximate surface area is 121 Å². The number of sulfonamides is 1. The molecule has 0 amide bonds. The van der Waals surface area contributed by atoms with E-state index in [1.165, 1.54) is 12.1 Å². The van der Waals surface area contributed by atoms with Gasteiger partial charge in [-0.05, 0) is 32.4 Å². The van der Waals surface area contributed by atoms with Gasteiger partial charge in [0.25, 0.3) is 0 Å². The lowest BCUT2D eigenvalue weighted by Crippen LogP contribution is -2.43. The topological polar surface area (TPSA) is 66.4 Å². The zero-order valence-electron chi connectivity index (χ0n) is 11.0. The van der Waals surface area contributed by atoms with E-state index in [1.54, 1.807) is 13.8 Å². The quantitative estimate of drug-likeness (QED) is 0.854. The van der Waals surface area contributed by atoms with Crippen LogP contribution in [0.5, 0.6) is 0 Å². The van der Waals surface area contributed by atoms with E-state index in [9.17, 15) is 12.8 Å². The number of halogens is 2. The second-order valence-electron chi connectivity index (χ2n) is 4.88. The predicted molar refractivity (Wildman–Crippen MR) is 74.7 cm³/mol. The monoisotopic (exact) mass is 353 g/mol. The zero-order chi connectivity index (χ0) is 14.8. The summed E-state index contributed by atoms with van der Waals surface area (Å²) in [4.78, 5) is -0.465. The molecule has 1 aromatic rings. The molecule has 0 radical (unpaired) electrons. The first-order valence-corrected chi connectivity index (χ1v) is 8.03. The number of benzene rings is 1. The molecule has 0 bridgehead atoms. The SMILES string of the molecule is CCC(C)(C)NS(=O)(=O)c1cc(Br)cc(CO)c1F. The van der Waals surface area contributed by atoms with Crippen LogP contribution < -0.4 is 4.72 Å². The number of rotatable bonds is 5. The molecule has 19 heavy (non-hydrogen) atoms. The number of hydrogen-bond acceptors (Lipinski definition) is 3. The third kappa shape index (κ3) is 3.98. The van der Waals surface area contributed by atoms with Gasteiger partial charge < -0.3 is 5.11 Å². The Hall–Kier alpha value is -0.500. The first-order valence-electron chi connectivity index (χ1n) is 5.75. The molecule has 7 heteroatoms. The van der Waals surface area contributed by atoms with E-state index in [1.807, 2.05) is 6.92 Å². The van der Waals surface area contributed by atoms with Crippen LogP contribution in [0.15, 0.2) is 21.5 Å². The highest BCUT2D eigenvalue weighted by molar-refractivity contribution is 9.10. The van der Waals surface area contributed by atoms with E-state index in [-0.39, 0.29) is 5.56 Å². The van der Waals surface area contributed by atoms with Gasteiger partial charge in [-0.1, -0.05) is 22.9 Å². The Bertz CT molecular complexity index is 573. The van der Waals surface area contributed by atoms with Gasteiger partial charge in [-0.2, -0.15) is 0 Å². The van der Waals surface area contributed by atoms with E-state index in [2.05, 4.69) is 20.7 Å². The highest BCUT2D eigenvalue weighted by Gasteiger charge is 2.28. The van der Waals surface area contributed by atoms with Crippen molar-refractivity contribution in [1.29, 1.82) is 0 Å². The Morgan fingerprint density at radius 1 is 1.42 bits per heavy atom. The van der Waals surface area contributed by atoms with E-state index < -0.39 is 32.9 Å². The summed E-state index contributed by atoms with van der Waals surface area (Å²) in [6, 6.07) is 2.53. The van der Waals surface area contributed by atoms with E-state index in [0.717, 1.165) is 0 Å². The predicted octanol–water partition coefficient (Wildman–Crippen LogP) is 2.55. The standard InChI is InChI=1S/C12H17BrFNO3S/c1-4-12(2,3)15-19(17,18)10-6-9(13)5-8(7-16)11(10)14/h5-6,15-16H,4,7H2,1-3H3. The van der Waals surface area contributed by atoms with Crippen molar-refractivity contribution in [3.63, 3.8) is 0 Å². The molecule has 0 unspecified atom stereocenters. The molecule has 1 aromatic carbocycles. The molecule has 0 atom stereocenters. The minimum absolute atomic E-state index is 0.0657. The van der Waals surface area contributed by atoms with Crippen molar-refractivity contribution in [1.82, 2.24) is 4.72 Å². The third-order valence-corrected chi connectivity index (χ3v) is 4.99. The van der Waals surface area contributed by atoms with Gasteiger partial charge in [0.1, 0.15) is 10.7 Å². The largest absolute Gasteiger partial charge is 0.392 e. The molecule has 0 heterocycles. The molecule has 108 valence electrons. The smallest absolute Gasteiger partial charge is 0.244 e. The van der Waals surface area contributed by atoms with Crippen molar-refractivity contribution in [3.8, 4) is 0 Å². The van der Waals surface area contributed by atoms with Crippen molar-refractivity contribution in [2.24, 2.45) is 0 Å². The fourth-order valence-electron chi connectivity index (χ4n) is 1.42. The Morgan fingerprint density at radius 2 is 2.00 bits per heavy atom. The summed E-state index contributed by atoms with van der Waals surface area (Å²) in [5, 5.41) is 9.04. The Balaban J connectivity index is 3.33. The molecule has 0 spiro atoms. The number of aliphatic hydroxyl groups excluding tert-OH is 1. The lowest BCUT2D eigenvalue weighted by atomic mass is 10.0. The van der Waals surface area contributed by atoms with Crippen LogP contribution in [0.4, 0.5) is 4.39 Å². The molecule has 4 nitrogen and oxygen atoms in total. The maximum atomic E-state index is 14.0. The molecule has 0 aliphatic rings. The van der Waals surface area contributed by atoms with E-state index >= 15 is 0 Å². The van der Waals surface area contributed by atoms with Gasteiger partial charge in [0.15, 0.2) is 0 Å². The molecule has 0 aliphatic carbocycles. The van der Waals surface area contributed by atoms with Crippen molar-refractivity contribution in [2.45, 2.75) is 44.2 Å². The van der Waals surface area contributed by atoms with Gasteiger partial charge in [-0.25, -0.2) is 17.5 Å². The summed E-state index contributed by atoms with van der Waals surface area (Å²) in [5.74, 6) is -0.926. The lowest BCUT2D eigenvalue weighted by Gasteiger charge is -2.24. The Morgan fingerprint density at radius 3 is 2.47 bits per heavy atom. The van der Waals surface area contributed by atoms with Crippen LogP contribution in [0, 0.1) is 5.82 Å². The number of aliphatic hydroxyl groups is 1. The summed E-state index contributed by atoms with van der Waals surface area (Å²) in [6.07, 6.45) is 0.564. The molecule has 0 fully saturated rings. The fourth-order valence-corrected chi connectivity index (χ4v) is 3.71. The Kier molecular flexibility index (Phi) is 5.11. The molecule has 0 saturated carbocycles. The molecule has 0 saturated heterocycles. The maximum absolute atomic E-state index is 14.0. The van der Waals surface area contributed by atoms with Gasteiger partial charge in [0.2, 0.25) is 10.0 Å². The third-order valence-electron chi connectivity index (χ3n) is 2.83. The van der Waals surface area contributed by atoms with Gasteiger partial charge in [0.05, 0.1) is 6.61 Å². The van der Waals surface area contributed by atoms with E-state index in [4.69, 9.17) is 5.11 Å². The summed E-state index contributed by atoms with van der Waals surface area (Å²) in [6.45, 7) is 4.70. The molecule has 1 rings (SSSR count). The fraction of sp³-hybridized carbons (Fsp3) is 0.500. The normalized spacial score (nSPS) is 12.7. The second kappa shape index (κ2) is 5.87. The van der Waals surface area contributed by atoms with Gasteiger partial charge in [-0.15, -0.1) is 0 Å².